The van der Waals surface area contributed by atoms with Gasteiger partial charge < -0.3 is 15.3 Å². The molecule has 21 heavy (non-hydrogen) atoms. The van der Waals surface area contributed by atoms with Crippen LogP contribution in [0.1, 0.15) is 44.9 Å². The van der Waals surface area contributed by atoms with E-state index >= 15 is 0 Å². The lowest BCUT2D eigenvalue weighted by molar-refractivity contribution is -0.128. The molecule has 1 amide bonds. The van der Waals surface area contributed by atoms with Gasteiger partial charge in [0.25, 0.3) is 0 Å². The van der Waals surface area contributed by atoms with Crippen LogP contribution in [0.2, 0.25) is 0 Å². The van der Waals surface area contributed by atoms with Crippen LogP contribution < -0.4 is 5.32 Å². The van der Waals surface area contributed by atoms with E-state index in [4.69, 9.17) is 0 Å². The largest absolute Gasteiger partial charge is 0.388 e. The highest BCUT2D eigenvalue weighted by Crippen LogP contribution is 2.37. The fourth-order valence-corrected chi connectivity index (χ4v) is 3.54. The van der Waals surface area contributed by atoms with Crippen molar-refractivity contribution in [3.05, 3.63) is 0 Å². The Labute approximate surface area is 124 Å². The van der Waals surface area contributed by atoms with E-state index in [1.165, 1.54) is 0 Å². The number of halogens is 2. The lowest BCUT2D eigenvalue weighted by Crippen LogP contribution is -2.51. The first-order valence-electron chi connectivity index (χ1n) is 7.85. The van der Waals surface area contributed by atoms with Crippen molar-refractivity contribution in [2.45, 2.75) is 56.5 Å². The third-order valence-electron chi connectivity index (χ3n) is 4.76. The first kappa shape index (κ1) is 16.6. The highest BCUT2D eigenvalue weighted by atomic mass is 19.3. The first-order chi connectivity index (χ1) is 9.82. The summed E-state index contributed by atoms with van der Waals surface area (Å²) in [6, 6.07) is 0. The highest BCUT2D eigenvalue weighted by Gasteiger charge is 2.38. The zero-order valence-corrected chi connectivity index (χ0v) is 12.7. The summed E-state index contributed by atoms with van der Waals surface area (Å²) < 4.78 is 26.3. The lowest BCUT2D eigenvalue weighted by atomic mass is 9.84. The Morgan fingerprint density at radius 2 is 2.00 bits per heavy atom. The lowest BCUT2D eigenvalue weighted by Gasteiger charge is -2.41. The molecule has 2 aliphatic rings. The average Bonchev–Trinajstić information content (AvgIpc) is 2.41. The van der Waals surface area contributed by atoms with Crippen molar-refractivity contribution in [3.63, 3.8) is 0 Å². The van der Waals surface area contributed by atoms with Crippen molar-refractivity contribution < 1.29 is 18.7 Å². The smallest absolute Gasteiger partial charge is 0.248 e. The number of hydrogen-bond donors (Lipinski definition) is 2. The monoisotopic (exact) mass is 304 g/mol. The molecule has 1 aliphatic carbocycles. The summed E-state index contributed by atoms with van der Waals surface area (Å²) in [6.45, 7) is 2.10. The molecule has 4 nitrogen and oxygen atoms in total. The summed E-state index contributed by atoms with van der Waals surface area (Å²) in [5, 5.41) is 13.1. The maximum absolute atomic E-state index is 13.2. The van der Waals surface area contributed by atoms with E-state index in [0.717, 1.165) is 19.5 Å². The van der Waals surface area contributed by atoms with Gasteiger partial charge in [-0.2, -0.15) is 0 Å². The zero-order valence-electron chi connectivity index (χ0n) is 12.7. The second kappa shape index (κ2) is 6.57. The van der Waals surface area contributed by atoms with Crippen LogP contribution in [0.15, 0.2) is 0 Å². The van der Waals surface area contributed by atoms with Crippen molar-refractivity contribution in [1.29, 1.82) is 0 Å². The van der Waals surface area contributed by atoms with E-state index in [1.54, 1.807) is 7.05 Å². The van der Waals surface area contributed by atoms with Gasteiger partial charge in [-0.05, 0) is 38.1 Å². The maximum Gasteiger partial charge on any atom is 0.248 e. The molecular weight excluding hydrogens is 278 g/mol. The van der Waals surface area contributed by atoms with Crippen molar-refractivity contribution >= 4 is 5.91 Å². The molecule has 2 rings (SSSR count). The number of hydrogen-bond acceptors (Lipinski definition) is 3. The van der Waals surface area contributed by atoms with Gasteiger partial charge in [-0.15, -0.1) is 0 Å². The Morgan fingerprint density at radius 1 is 1.33 bits per heavy atom. The van der Waals surface area contributed by atoms with Gasteiger partial charge in [0.15, 0.2) is 0 Å². The van der Waals surface area contributed by atoms with Crippen LogP contribution in [0.3, 0.4) is 0 Å². The molecule has 0 spiro atoms. The van der Waals surface area contributed by atoms with Crippen molar-refractivity contribution in [2.75, 3.05) is 26.7 Å². The zero-order chi connectivity index (χ0) is 15.5. The van der Waals surface area contributed by atoms with Crippen molar-refractivity contribution in [1.82, 2.24) is 10.2 Å². The molecule has 1 saturated carbocycles. The number of likely N-dealkylation sites (tertiary alicyclic amines) is 1. The molecule has 0 aromatic heterocycles. The van der Waals surface area contributed by atoms with Crippen LogP contribution in [-0.2, 0) is 4.79 Å². The first-order valence-corrected chi connectivity index (χ1v) is 7.85. The fourth-order valence-electron chi connectivity index (χ4n) is 3.54. The second-order valence-corrected chi connectivity index (χ2v) is 6.71. The minimum absolute atomic E-state index is 0.0198. The topological polar surface area (TPSA) is 52.6 Å². The van der Waals surface area contributed by atoms with E-state index in [-0.39, 0.29) is 31.1 Å². The molecule has 0 aromatic carbocycles. The molecule has 0 bridgehead atoms. The van der Waals surface area contributed by atoms with Gasteiger partial charge in [-0.3, -0.25) is 4.79 Å². The summed E-state index contributed by atoms with van der Waals surface area (Å²) >= 11 is 0. The molecule has 1 unspecified atom stereocenters. The predicted octanol–water partition coefficient (Wildman–Crippen LogP) is 1.77. The van der Waals surface area contributed by atoms with Crippen LogP contribution in [0.5, 0.6) is 0 Å². The number of aliphatic hydroxyl groups is 1. The minimum atomic E-state index is -2.49. The Morgan fingerprint density at radius 3 is 2.62 bits per heavy atom. The molecule has 1 aliphatic heterocycles. The normalized spacial score (nSPS) is 31.0. The predicted molar refractivity (Wildman–Crippen MR) is 76.2 cm³/mol. The average molecular weight is 304 g/mol. The minimum Gasteiger partial charge on any atom is -0.388 e. The van der Waals surface area contributed by atoms with E-state index in [2.05, 4.69) is 10.2 Å². The number of carbonyl (C=O) groups excluding carboxylic acids is 1. The Balaban J connectivity index is 1.83. The van der Waals surface area contributed by atoms with Gasteiger partial charge in [-0.25, -0.2) is 8.78 Å². The number of alkyl halides is 2. The molecule has 1 saturated heterocycles. The molecule has 2 fully saturated rings. The summed E-state index contributed by atoms with van der Waals surface area (Å²) in [5.41, 5.74) is -0.975. The van der Waals surface area contributed by atoms with E-state index in [9.17, 15) is 18.7 Å². The van der Waals surface area contributed by atoms with Gasteiger partial charge in [0.2, 0.25) is 11.8 Å². The van der Waals surface area contributed by atoms with Crippen LogP contribution in [0, 0.1) is 5.92 Å². The summed E-state index contributed by atoms with van der Waals surface area (Å²) in [6.07, 6.45) is 2.65. The van der Waals surface area contributed by atoms with E-state index in [1.807, 2.05) is 0 Å². The van der Waals surface area contributed by atoms with Crippen molar-refractivity contribution in [2.24, 2.45) is 5.92 Å². The summed E-state index contributed by atoms with van der Waals surface area (Å²) in [4.78, 5) is 13.6. The molecule has 122 valence electrons. The number of nitrogens with one attached hydrogen (secondary N) is 1. The van der Waals surface area contributed by atoms with Crippen LogP contribution in [0.4, 0.5) is 8.78 Å². The van der Waals surface area contributed by atoms with Crippen LogP contribution in [0.25, 0.3) is 0 Å². The quantitative estimate of drug-likeness (QED) is 0.832. The van der Waals surface area contributed by atoms with E-state index in [0.29, 0.717) is 25.8 Å². The van der Waals surface area contributed by atoms with Crippen LogP contribution >= 0.6 is 0 Å². The van der Waals surface area contributed by atoms with Crippen LogP contribution in [-0.4, -0.2) is 54.1 Å². The van der Waals surface area contributed by atoms with Crippen molar-refractivity contribution in [3.8, 4) is 0 Å². The summed E-state index contributed by atoms with van der Waals surface area (Å²) in [7, 11) is 1.56. The fraction of sp³-hybridized carbons (Fsp3) is 0.933. The van der Waals surface area contributed by atoms with Gasteiger partial charge in [0.1, 0.15) is 0 Å². The van der Waals surface area contributed by atoms with Gasteiger partial charge in [-0.1, -0.05) is 0 Å². The number of amides is 1. The second-order valence-electron chi connectivity index (χ2n) is 6.71. The Hall–Kier alpha value is -0.750. The Kier molecular flexibility index (Phi) is 5.20. The molecule has 6 heteroatoms. The number of β-amino-alcohol motifs (C(OH)–C–C–N with tert-alkyl or cyclic N) is 1. The third-order valence-corrected chi connectivity index (χ3v) is 4.76. The van der Waals surface area contributed by atoms with E-state index < -0.39 is 11.5 Å². The maximum atomic E-state index is 13.2. The molecule has 0 radical (unpaired) electrons. The molecule has 1 atom stereocenters. The number of carbonyl (C=O) groups is 1. The van der Waals surface area contributed by atoms with Gasteiger partial charge >= 0.3 is 0 Å². The van der Waals surface area contributed by atoms with Gasteiger partial charge in [0.05, 0.1) is 12.0 Å². The highest BCUT2D eigenvalue weighted by molar-refractivity contribution is 5.76. The molecule has 0 aromatic rings. The standard InChI is InChI=1S/C15H26F2N2O2/c1-18-13(20)9-14(21)5-2-8-19(11-14)10-12-3-6-15(16,17)7-4-12/h12,21H,2-11H2,1H3,(H,18,20). The number of rotatable bonds is 4. The number of piperidine rings is 1. The molecular formula is C15H26F2N2O2. The molecule has 1 heterocycles. The third kappa shape index (κ3) is 4.88. The summed E-state index contributed by atoms with van der Waals surface area (Å²) in [5.74, 6) is -2.36. The SMILES string of the molecule is CNC(=O)CC1(O)CCCN(CC2CCC(F)(F)CC2)C1. The Bertz CT molecular complexity index is 369. The van der Waals surface area contributed by atoms with Gasteiger partial charge in [0, 0.05) is 33.0 Å². The number of nitrogens with zero attached hydrogens (tertiary/aromatic N) is 1. The molecule has 2 N–H and O–H groups in total.